The summed E-state index contributed by atoms with van der Waals surface area (Å²) in [6, 6.07) is 0. The van der Waals surface area contributed by atoms with Crippen molar-refractivity contribution in [3.05, 3.63) is 0 Å². The number of carbonyl (C=O) groups is 2. The highest BCUT2D eigenvalue weighted by molar-refractivity contribution is 5.69. The maximum Gasteiger partial charge on any atom is 0.303 e. The SMILES string of the molecule is CCCCCCC(C=O)OC(C)=O. The van der Waals surface area contributed by atoms with Crippen molar-refractivity contribution >= 4 is 12.3 Å². The molecule has 0 amide bonds. The number of unbranched alkanes of at least 4 members (excludes halogenated alkanes) is 3. The highest BCUT2D eigenvalue weighted by atomic mass is 16.5. The van der Waals surface area contributed by atoms with Gasteiger partial charge in [-0.25, -0.2) is 0 Å². The van der Waals surface area contributed by atoms with E-state index >= 15 is 0 Å². The van der Waals surface area contributed by atoms with Crippen LogP contribution in [0.4, 0.5) is 0 Å². The third-order valence-corrected chi connectivity index (χ3v) is 1.81. The van der Waals surface area contributed by atoms with Crippen LogP contribution in [0.25, 0.3) is 0 Å². The molecule has 0 aliphatic rings. The van der Waals surface area contributed by atoms with E-state index in [0.29, 0.717) is 12.7 Å². The van der Waals surface area contributed by atoms with E-state index in [-0.39, 0.29) is 5.97 Å². The molecule has 0 radical (unpaired) electrons. The van der Waals surface area contributed by atoms with Gasteiger partial charge in [0.1, 0.15) is 0 Å². The second kappa shape index (κ2) is 7.77. The molecule has 3 heteroatoms. The van der Waals surface area contributed by atoms with Gasteiger partial charge in [0.25, 0.3) is 0 Å². The molecule has 0 fully saturated rings. The molecular formula is C10H18O3. The molecule has 0 aromatic rings. The summed E-state index contributed by atoms with van der Waals surface area (Å²) >= 11 is 0. The van der Waals surface area contributed by atoms with E-state index in [9.17, 15) is 9.59 Å². The summed E-state index contributed by atoms with van der Waals surface area (Å²) in [7, 11) is 0. The summed E-state index contributed by atoms with van der Waals surface area (Å²) in [5, 5.41) is 0. The third-order valence-electron chi connectivity index (χ3n) is 1.81. The summed E-state index contributed by atoms with van der Waals surface area (Å²) in [5.41, 5.74) is 0. The Bertz CT molecular complexity index is 154. The monoisotopic (exact) mass is 186 g/mol. The predicted octanol–water partition coefficient (Wildman–Crippen LogP) is 2.09. The second-order valence-corrected chi connectivity index (χ2v) is 3.13. The first-order valence-electron chi connectivity index (χ1n) is 4.83. The lowest BCUT2D eigenvalue weighted by Crippen LogP contribution is -2.17. The van der Waals surface area contributed by atoms with Crippen LogP contribution in [0.3, 0.4) is 0 Å². The van der Waals surface area contributed by atoms with Crippen LogP contribution < -0.4 is 0 Å². The Hall–Kier alpha value is -0.860. The van der Waals surface area contributed by atoms with Crippen LogP contribution in [0, 0.1) is 0 Å². The van der Waals surface area contributed by atoms with Crippen LogP contribution in [0.2, 0.25) is 0 Å². The maximum atomic E-state index is 10.5. The fourth-order valence-electron chi connectivity index (χ4n) is 1.14. The largest absolute Gasteiger partial charge is 0.455 e. The number of hydrogen-bond acceptors (Lipinski definition) is 3. The molecule has 76 valence electrons. The molecule has 0 saturated carbocycles. The molecule has 0 aromatic carbocycles. The van der Waals surface area contributed by atoms with Crippen LogP contribution in [-0.2, 0) is 14.3 Å². The van der Waals surface area contributed by atoms with Gasteiger partial charge in [0.15, 0.2) is 12.4 Å². The van der Waals surface area contributed by atoms with E-state index < -0.39 is 6.10 Å². The van der Waals surface area contributed by atoms with Crippen molar-refractivity contribution < 1.29 is 14.3 Å². The average Bonchev–Trinajstić information content (AvgIpc) is 2.09. The fourth-order valence-corrected chi connectivity index (χ4v) is 1.14. The van der Waals surface area contributed by atoms with Crippen LogP contribution in [-0.4, -0.2) is 18.4 Å². The molecular weight excluding hydrogens is 168 g/mol. The zero-order chi connectivity index (χ0) is 10.1. The minimum atomic E-state index is -0.533. The maximum absolute atomic E-state index is 10.5. The van der Waals surface area contributed by atoms with Crippen LogP contribution in [0.5, 0.6) is 0 Å². The van der Waals surface area contributed by atoms with E-state index in [1.165, 1.54) is 19.8 Å². The Balaban J connectivity index is 3.48. The topological polar surface area (TPSA) is 43.4 Å². The first-order valence-corrected chi connectivity index (χ1v) is 4.83. The Morgan fingerprint density at radius 3 is 2.54 bits per heavy atom. The standard InChI is InChI=1S/C10H18O3/c1-3-4-5-6-7-10(8-11)13-9(2)12/h8,10H,3-7H2,1-2H3. The molecule has 0 rings (SSSR count). The minimum Gasteiger partial charge on any atom is -0.455 e. The van der Waals surface area contributed by atoms with Gasteiger partial charge in [0, 0.05) is 6.92 Å². The Labute approximate surface area is 79.5 Å². The molecule has 1 atom stereocenters. The van der Waals surface area contributed by atoms with Gasteiger partial charge in [-0.3, -0.25) is 9.59 Å². The summed E-state index contributed by atoms with van der Waals surface area (Å²) < 4.78 is 4.77. The van der Waals surface area contributed by atoms with Gasteiger partial charge in [-0.1, -0.05) is 26.2 Å². The van der Waals surface area contributed by atoms with Crippen LogP contribution >= 0.6 is 0 Å². The van der Waals surface area contributed by atoms with Crippen molar-refractivity contribution in [3.63, 3.8) is 0 Å². The molecule has 0 aromatic heterocycles. The van der Waals surface area contributed by atoms with Gasteiger partial charge in [0.2, 0.25) is 0 Å². The van der Waals surface area contributed by atoms with E-state index in [2.05, 4.69) is 6.92 Å². The lowest BCUT2D eigenvalue weighted by atomic mass is 10.1. The Morgan fingerprint density at radius 1 is 1.38 bits per heavy atom. The third kappa shape index (κ3) is 7.50. The second-order valence-electron chi connectivity index (χ2n) is 3.13. The van der Waals surface area contributed by atoms with Gasteiger partial charge >= 0.3 is 5.97 Å². The molecule has 0 aliphatic carbocycles. The quantitative estimate of drug-likeness (QED) is 0.347. The van der Waals surface area contributed by atoms with Gasteiger partial charge in [-0.05, 0) is 12.8 Å². The van der Waals surface area contributed by atoms with Crippen LogP contribution in [0.15, 0.2) is 0 Å². The summed E-state index contributed by atoms with van der Waals surface area (Å²) in [6.07, 6.45) is 5.21. The van der Waals surface area contributed by atoms with Crippen molar-refractivity contribution in [1.29, 1.82) is 0 Å². The van der Waals surface area contributed by atoms with Crippen molar-refractivity contribution in [2.24, 2.45) is 0 Å². The van der Waals surface area contributed by atoms with Crippen molar-refractivity contribution in [3.8, 4) is 0 Å². The summed E-state index contributed by atoms with van der Waals surface area (Å²) in [4.78, 5) is 20.9. The van der Waals surface area contributed by atoms with E-state index in [1.54, 1.807) is 0 Å². The highest BCUT2D eigenvalue weighted by Crippen LogP contribution is 2.06. The first kappa shape index (κ1) is 12.1. The molecule has 0 saturated heterocycles. The average molecular weight is 186 g/mol. The molecule has 0 aliphatic heterocycles. The molecule has 0 N–H and O–H groups in total. The van der Waals surface area contributed by atoms with E-state index in [0.717, 1.165) is 12.8 Å². The minimum absolute atomic E-state index is 0.382. The van der Waals surface area contributed by atoms with Gasteiger partial charge in [0.05, 0.1) is 0 Å². The normalized spacial score (nSPS) is 12.2. The van der Waals surface area contributed by atoms with Gasteiger partial charge in [-0.2, -0.15) is 0 Å². The molecule has 0 spiro atoms. The van der Waals surface area contributed by atoms with E-state index in [4.69, 9.17) is 4.74 Å². The van der Waals surface area contributed by atoms with Gasteiger partial charge < -0.3 is 4.74 Å². The first-order chi connectivity index (χ1) is 6.20. The molecule has 0 bridgehead atoms. The van der Waals surface area contributed by atoms with Crippen molar-refractivity contribution in [2.75, 3.05) is 0 Å². The number of aldehydes is 1. The highest BCUT2D eigenvalue weighted by Gasteiger charge is 2.09. The van der Waals surface area contributed by atoms with E-state index in [1.807, 2.05) is 0 Å². The molecule has 0 heterocycles. The predicted molar refractivity (Wildman–Crippen MR) is 50.4 cm³/mol. The Morgan fingerprint density at radius 2 is 2.08 bits per heavy atom. The lowest BCUT2D eigenvalue weighted by Gasteiger charge is -2.09. The zero-order valence-corrected chi connectivity index (χ0v) is 8.41. The number of esters is 1. The number of ether oxygens (including phenoxy) is 1. The Kier molecular flexibility index (Phi) is 7.26. The lowest BCUT2D eigenvalue weighted by molar-refractivity contribution is -0.149. The van der Waals surface area contributed by atoms with Crippen molar-refractivity contribution in [2.45, 2.75) is 52.1 Å². The fraction of sp³-hybridized carbons (Fsp3) is 0.800. The smallest absolute Gasteiger partial charge is 0.303 e. The zero-order valence-electron chi connectivity index (χ0n) is 8.41. The molecule has 1 unspecified atom stereocenters. The van der Waals surface area contributed by atoms with Crippen molar-refractivity contribution in [1.82, 2.24) is 0 Å². The molecule has 13 heavy (non-hydrogen) atoms. The number of carbonyl (C=O) groups excluding carboxylic acids is 2. The van der Waals surface area contributed by atoms with Crippen LogP contribution in [0.1, 0.15) is 46.0 Å². The summed E-state index contributed by atoms with van der Waals surface area (Å²) in [6.45, 7) is 3.45. The van der Waals surface area contributed by atoms with Gasteiger partial charge in [-0.15, -0.1) is 0 Å². The number of hydrogen-bond donors (Lipinski definition) is 0. The molecule has 3 nitrogen and oxygen atoms in total. The number of rotatable bonds is 7. The summed E-state index contributed by atoms with van der Waals surface area (Å²) in [5.74, 6) is -0.382.